The molecule has 2 N–H and O–H groups in total. The third-order valence-corrected chi connectivity index (χ3v) is 5.59. The predicted molar refractivity (Wildman–Crippen MR) is 107 cm³/mol. The van der Waals surface area contributed by atoms with Gasteiger partial charge in [-0.2, -0.15) is 0 Å². The molecule has 1 saturated carbocycles. The lowest BCUT2D eigenvalue weighted by Gasteiger charge is -2.36. The summed E-state index contributed by atoms with van der Waals surface area (Å²) in [7, 11) is 0. The van der Waals surface area contributed by atoms with E-state index in [2.05, 4.69) is 10.6 Å². The van der Waals surface area contributed by atoms with Crippen LogP contribution in [0.2, 0.25) is 0 Å². The second kappa shape index (κ2) is 9.60. The number of benzene rings is 1. The Morgan fingerprint density at radius 2 is 2.00 bits per heavy atom. The monoisotopic (exact) mass is 417 g/mol. The molecule has 1 saturated heterocycles. The summed E-state index contributed by atoms with van der Waals surface area (Å²) in [5.41, 5.74) is -0.925. The summed E-state index contributed by atoms with van der Waals surface area (Å²) in [6.07, 6.45) is 3.28. The Balaban J connectivity index is 1.38. The van der Waals surface area contributed by atoms with Crippen molar-refractivity contribution < 1.29 is 28.7 Å². The number of imide groups is 1. The first-order chi connectivity index (χ1) is 14.4. The molecule has 1 aliphatic carbocycles. The van der Waals surface area contributed by atoms with E-state index in [-0.39, 0.29) is 25.0 Å². The number of esters is 1. The molecule has 2 atom stereocenters. The van der Waals surface area contributed by atoms with Crippen LogP contribution in [0.4, 0.5) is 4.79 Å². The van der Waals surface area contributed by atoms with Gasteiger partial charge in [0, 0.05) is 0 Å². The molecule has 1 spiro atoms. The second-order valence-corrected chi connectivity index (χ2v) is 7.61. The maximum Gasteiger partial charge on any atom is 0.326 e. The minimum Gasteiger partial charge on any atom is -0.492 e. The van der Waals surface area contributed by atoms with Crippen molar-refractivity contribution in [2.24, 2.45) is 5.92 Å². The molecular weight excluding hydrogens is 390 g/mol. The molecule has 3 rings (SSSR count). The van der Waals surface area contributed by atoms with Crippen LogP contribution in [0.5, 0.6) is 5.75 Å². The van der Waals surface area contributed by atoms with E-state index in [0.717, 1.165) is 24.2 Å². The van der Waals surface area contributed by atoms with Gasteiger partial charge in [0.05, 0.1) is 6.54 Å². The van der Waals surface area contributed by atoms with Crippen molar-refractivity contribution in [3.63, 3.8) is 0 Å². The molecule has 162 valence electrons. The summed E-state index contributed by atoms with van der Waals surface area (Å²) < 4.78 is 10.4. The lowest BCUT2D eigenvalue weighted by Crippen LogP contribution is -2.54. The van der Waals surface area contributed by atoms with E-state index in [1.165, 1.54) is 0 Å². The van der Waals surface area contributed by atoms with Crippen LogP contribution in [-0.4, -0.2) is 60.6 Å². The molecular formula is C21H27N3O6. The Labute approximate surface area is 175 Å². The van der Waals surface area contributed by atoms with Gasteiger partial charge >= 0.3 is 12.0 Å². The molecule has 30 heavy (non-hydrogen) atoms. The van der Waals surface area contributed by atoms with Crippen molar-refractivity contribution in [1.82, 2.24) is 15.5 Å². The summed E-state index contributed by atoms with van der Waals surface area (Å²) in [6, 6.07) is 8.58. The van der Waals surface area contributed by atoms with Crippen LogP contribution in [0.3, 0.4) is 0 Å². The van der Waals surface area contributed by atoms with Gasteiger partial charge in [-0.05, 0) is 30.9 Å². The fraction of sp³-hybridized carbons (Fsp3) is 0.524. The molecule has 2 aliphatic rings. The number of ether oxygens (including phenoxy) is 2. The number of urea groups is 1. The predicted octanol–water partition coefficient (Wildman–Crippen LogP) is 1.23. The molecule has 1 aromatic rings. The Bertz CT molecular complexity index is 799. The third kappa shape index (κ3) is 4.90. The molecule has 0 aromatic heterocycles. The van der Waals surface area contributed by atoms with E-state index in [1.807, 2.05) is 25.1 Å². The number of rotatable bonds is 8. The van der Waals surface area contributed by atoms with Gasteiger partial charge in [0.1, 0.15) is 24.4 Å². The van der Waals surface area contributed by atoms with Crippen LogP contribution in [0.1, 0.15) is 32.6 Å². The highest BCUT2D eigenvalue weighted by Gasteiger charge is 2.55. The largest absolute Gasteiger partial charge is 0.492 e. The molecule has 0 radical (unpaired) electrons. The van der Waals surface area contributed by atoms with Gasteiger partial charge in [0.25, 0.3) is 11.8 Å². The highest BCUT2D eigenvalue weighted by atomic mass is 16.5. The molecule has 0 unspecified atom stereocenters. The third-order valence-electron chi connectivity index (χ3n) is 5.59. The number of carbonyl (C=O) groups excluding carboxylic acids is 4. The highest BCUT2D eigenvalue weighted by molar-refractivity contribution is 6.09. The van der Waals surface area contributed by atoms with Gasteiger partial charge in [0.15, 0.2) is 6.61 Å². The van der Waals surface area contributed by atoms with Crippen LogP contribution in [0, 0.1) is 5.92 Å². The van der Waals surface area contributed by atoms with Gasteiger partial charge in [-0.15, -0.1) is 0 Å². The first-order valence-corrected chi connectivity index (χ1v) is 10.2. The summed E-state index contributed by atoms with van der Waals surface area (Å²) in [6.45, 7) is 1.45. The summed E-state index contributed by atoms with van der Waals surface area (Å²) >= 11 is 0. The van der Waals surface area contributed by atoms with Gasteiger partial charge in [0.2, 0.25) is 0 Å². The van der Waals surface area contributed by atoms with Gasteiger partial charge in [-0.25, -0.2) is 4.79 Å². The minimum absolute atomic E-state index is 0.00704. The first kappa shape index (κ1) is 21.6. The van der Waals surface area contributed by atoms with Gasteiger partial charge in [-0.1, -0.05) is 38.0 Å². The van der Waals surface area contributed by atoms with Gasteiger partial charge < -0.3 is 20.1 Å². The van der Waals surface area contributed by atoms with Crippen molar-refractivity contribution in [1.29, 1.82) is 0 Å². The lowest BCUT2D eigenvalue weighted by molar-refractivity contribution is -0.151. The zero-order valence-corrected chi connectivity index (χ0v) is 17.0. The number of para-hydroxylation sites is 1. The van der Waals surface area contributed by atoms with E-state index in [0.29, 0.717) is 12.2 Å². The molecule has 1 aromatic carbocycles. The zero-order valence-electron chi connectivity index (χ0n) is 17.0. The Hall–Kier alpha value is -3.10. The minimum atomic E-state index is -0.925. The number of hydrogen-bond acceptors (Lipinski definition) is 6. The number of carbonyl (C=O) groups is 4. The van der Waals surface area contributed by atoms with Gasteiger partial charge in [-0.3, -0.25) is 19.3 Å². The molecule has 4 amide bonds. The number of hydrogen-bond donors (Lipinski definition) is 2. The highest BCUT2D eigenvalue weighted by Crippen LogP contribution is 2.38. The second-order valence-electron chi connectivity index (χ2n) is 7.61. The summed E-state index contributed by atoms with van der Waals surface area (Å²) in [5.74, 6) is -0.993. The van der Waals surface area contributed by atoms with Crippen LogP contribution in [0.25, 0.3) is 0 Å². The van der Waals surface area contributed by atoms with Crippen molar-refractivity contribution in [3.05, 3.63) is 30.3 Å². The van der Waals surface area contributed by atoms with Crippen molar-refractivity contribution >= 4 is 23.8 Å². The molecule has 0 bridgehead atoms. The molecule has 2 fully saturated rings. The Morgan fingerprint density at radius 1 is 1.23 bits per heavy atom. The van der Waals surface area contributed by atoms with Crippen molar-refractivity contribution in [2.75, 3.05) is 26.3 Å². The van der Waals surface area contributed by atoms with E-state index >= 15 is 0 Å². The van der Waals surface area contributed by atoms with E-state index < -0.39 is 36.6 Å². The average Bonchev–Trinajstić information content (AvgIpc) is 2.97. The number of amides is 4. The Kier molecular flexibility index (Phi) is 6.91. The molecule has 1 aliphatic heterocycles. The first-order valence-electron chi connectivity index (χ1n) is 10.2. The zero-order chi connectivity index (χ0) is 21.6. The number of nitrogens with one attached hydrogen (secondary N) is 2. The fourth-order valence-corrected chi connectivity index (χ4v) is 3.89. The maximum absolute atomic E-state index is 12.8. The van der Waals surface area contributed by atoms with E-state index in [9.17, 15) is 19.2 Å². The van der Waals surface area contributed by atoms with Crippen molar-refractivity contribution in [2.45, 2.75) is 38.1 Å². The molecule has 9 nitrogen and oxygen atoms in total. The molecule has 9 heteroatoms. The van der Waals surface area contributed by atoms with Crippen LogP contribution >= 0.6 is 0 Å². The Morgan fingerprint density at radius 3 is 2.73 bits per heavy atom. The SMILES string of the molecule is C[C@H]1CCCC[C@@]12NC(=O)N(CC(=O)OCC(=O)NCCOc1ccccc1)C2=O. The lowest BCUT2D eigenvalue weighted by atomic mass is 9.73. The maximum atomic E-state index is 12.8. The average molecular weight is 417 g/mol. The summed E-state index contributed by atoms with van der Waals surface area (Å²) in [5, 5.41) is 5.34. The quantitative estimate of drug-likeness (QED) is 0.374. The smallest absolute Gasteiger partial charge is 0.326 e. The topological polar surface area (TPSA) is 114 Å². The fourth-order valence-electron chi connectivity index (χ4n) is 3.89. The van der Waals surface area contributed by atoms with Crippen LogP contribution in [-0.2, 0) is 19.1 Å². The normalized spacial score (nSPS) is 23.2. The van der Waals surface area contributed by atoms with Crippen molar-refractivity contribution in [3.8, 4) is 5.75 Å². The van der Waals surface area contributed by atoms with E-state index in [4.69, 9.17) is 9.47 Å². The number of nitrogens with zero attached hydrogens (tertiary/aromatic N) is 1. The standard InChI is InChI=1S/C21H27N3O6/c1-15-7-5-6-10-21(15)19(27)24(20(28)23-21)13-18(26)30-14-17(25)22-11-12-29-16-8-3-2-4-9-16/h2-4,8-9,15H,5-7,10-14H2,1H3,(H,22,25)(H,23,28)/t15-,21+/m0/s1. The van der Waals surface area contributed by atoms with Crippen LogP contribution in [0.15, 0.2) is 30.3 Å². The van der Waals surface area contributed by atoms with E-state index in [1.54, 1.807) is 12.1 Å². The summed E-state index contributed by atoms with van der Waals surface area (Å²) in [4.78, 5) is 49.8. The molecule has 1 heterocycles. The van der Waals surface area contributed by atoms with Crippen LogP contribution < -0.4 is 15.4 Å².